The number of aliphatic carboxylic acids is 1. The Morgan fingerprint density at radius 1 is 1.38 bits per heavy atom. The first-order valence-corrected chi connectivity index (χ1v) is 6.68. The van der Waals surface area contributed by atoms with E-state index in [1.165, 1.54) is 0 Å². The van der Waals surface area contributed by atoms with Gasteiger partial charge < -0.3 is 10.2 Å². The molecule has 0 aliphatic rings. The van der Waals surface area contributed by atoms with Gasteiger partial charge in [-0.1, -0.05) is 0 Å². The van der Waals surface area contributed by atoms with Crippen LogP contribution in [-0.4, -0.2) is 42.5 Å². The van der Waals surface area contributed by atoms with Gasteiger partial charge >= 0.3 is 5.97 Å². The summed E-state index contributed by atoms with van der Waals surface area (Å²) < 4.78 is 25.5. The Morgan fingerprint density at radius 2 is 1.94 bits per heavy atom. The van der Waals surface area contributed by atoms with Gasteiger partial charge in [-0.3, -0.25) is 4.79 Å². The zero-order valence-electron chi connectivity index (χ0n) is 9.56. The van der Waals surface area contributed by atoms with Gasteiger partial charge in [0, 0.05) is 18.6 Å². The third-order valence-electron chi connectivity index (χ3n) is 1.97. The largest absolute Gasteiger partial charge is 0.481 e. The highest BCUT2D eigenvalue weighted by Gasteiger charge is 2.23. The maximum Gasteiger partial charge on any atom is 0.303 e. The minimum atomic E-state index is -3.48. The Labute approximate surface area is 95.7 Å². The summed E-state index contributed by atoms with van der Waals surface area (Å²) in [5.41, 5.74) is -0.712. The molecular formula is C9H19NO5S. The minimum absolute atomic E-state index is 0.0832. The Morgan fingerprint density at radius 3 is 2.38 bits per heavy atom. The quantitative estimate of drug-likeness (QED) is 0.562. The molecule has 0 saturated heterocycles. The van der Waals surface area contributed by atoms with Gasteiger partial charge in [-0.2, -0.15) is 0 Å². The summed E-state index contributed by atoms with van der Waals surface area (Å²) in [5.74, 6) is -1.22. The molecule has 0 unspecified atom stereocenters. The van der Waals surface area contributed by atoms with E-state index in [1.807, 2.05) is 0 Å². The van der Waals surface area contributed by atoms with Crippen LogP contribution in [0.3, 0.4) is 0 Å². The summed E-state index contributed by atoms with van der Waals surface area (Å²) in [4.78, 5) is 10.2. The second-order valence-corrected chi connectivity index (χ2v) is 6.12. The van der Waals surface area contributed by atoms with Gasteiger partial charge in [0.1, 0.15) is 0 Å². The van der Waals surface area contributed by atoms with Gasteiger partial charge in [0.15, 0.2) is 0 Å². The molecule has 0 radical (unpaired) electrons. The van der Waals surface area contributed by atoms with Crippen LogP contribution in [0.4, 0.5) is 0 Å². The molecule has 0 aromatic rings. The summed E-state index contributed by atoms with van der Waals surface area (Å²) in [6.07, 6.45) is 0.229. The van der Waals surface area contributed by atoms with Crippen LogP contribution in [0.1, 0.15) is 33.1 Å². The molecule has 0 heterocycles. The fraction of sp³-hybridized carbons (Fsp3) is 0.889. The fourth-order valence-corrected chi connectivity index (χ4v) is 2.79. The molecule has 0 fully saturated rings. The summed E-state index contributed by atoms with van der Waals surface area (Å²) in [5, 5.41) is 17.1. The van der Waals surface area contributed by atoms with E-state index in [4.69, 9.17) is 10.2 Å². The van der Waals surface area contributed by atoms with Crippen molar-refractivity contribution >= 4 is 16.0 Å². The van der Waals surface area contributed by atoms with Gasteiger partial charge in [-0.25, -0.2) is 13.1 Å². The predicted octanol–water partition coefficient (Wildman–Crippen LogP) is -0.0684. The molecule has 6 nitrogen and oxygen atoms in total. The molecule has 0 aromatic heterocycles. The molecule has 0 rings (SSSR count). The molecule has 0 bridgehead atoms. The molecule has 96 valence electrons. The van der Waals surface area contributed by atoms with Crippen molar-refractivity contribution in [3.8, 4) is 0 Å². The van der Waals surface area contributed by atoms with Crippen LogP contribution in [0.15, 0.2) is 0 Å². The van der Waals surface area contributed by atoms with Crippen LogP contribution in [0.2, 0.25) is 0 Å². The van der Waals surface area contributed by atoms with E-state index in [0.717, 1.165) is 0 Å². The molecule has 0 atom stereocenters. The molecule has 0 aliphatic heterocycles. The molecule has 0 spiro atoms. The van der Waals surface area contributed by atoms with Crippen molar-refractivity contribution in [3.05, 3.63) is 0 Å². The monoisotopic (exact) mass is 253 g/mol. The van der Waals surface area contributed by atoms with E-state index in [9.17, 15) is 13.2 Å². The molecule has 0 amide bonds. The summed E-state index contributed by atoms with van der Waals surface area (Å²) in [6.45, 7) is 3.22. The molecule has 16 heavy (non-hydrogen) atoms. The van der Waals surface area contributed by atoms with E-state index in [-0.39, 0.29) is 25.2 Å². The van der Waals surface area contributed by atoms with E-state index in [2.05, 4.69) is 4.72 Å². The second kappa shape index (κ2) is 6.17. The summed E-state index contributed by atoms with van der Waals surface area (Å²) in [7, 11) is -3.48. The molecule has 0 aromatic carbocycles. The lowest BCUT2D eigenvalue weighted by Crippen LogP contribution is -2.44. The maximum atomic E-state index is 11.5. The highest BCUT2D eigenvalue weighted by atomic mass is 32.2. The zero-order chi connectivity index (χ0) is 12.8. The number of rotatable bonds is 8. The highest BCUT2D eigenvalue weighted by Crippen LogP contribution is 2.10. The first-order valence-electron chi connectivity index (χ1n) is 5.03. The van der Waals surface area contributed by atoms with Crippen molar-refractivity contribution in [2.45, 2.75) is 38.6 Å². The van der Waals surface area contributed by atoms with Gasteiger partial charge in [-0.15, -0.1) is 0 Å². The van der Waals surface area contributed by atoms with Crippen molar-refractivity contribution < 1.29 is 23.4 Å². The van der Waals surface area contributed by atoms with Crippen LogP contribution >= 0.6 is 0 Å². The topological polar surface area (TPSA) is 104 Å². The Hall–Kier alpha value is -0.660. The zero-order valence-corrected chi connectivity index (χ0v) is 10.4. The van der Waals surface area contributed by atoms with Crippen LogP contribution < -0.4 is 4.72 Å². The number of aliphatic hydroxyl groups excluding tert-OH is 1. The third-order valence-corrected chi connectivity index (χ3v) is 3.66. The first kappa shape index (κ1) is 15.3. The fourth-order valence-electron chi connectivity index (χ4n) is 1.22. The second-order valence-electron chi connectivity index (χ2n) is 4.28. The highest BCUT2D eigenvalue weighted by molar-refractivity contribution is 7.89. The SMILES string of the molecule is CC(C)(CCO)NS(=O)(=O)CCCC(=O)O. The minimum Gasteiger partial charge on any atom is -0.481 e. The van der Waals surface area contributed by atoms with Gasteiger partial charge in [0.25, 0.3) is 0 Å². The lowest BCUT2D eigenvalue weighted by molar-refractivity contribution is -0.137. The number of carboxylic acid groups (broad SMARTS) is 1. The standard InChI is InChI=1S/C9H19NO5S/c1-9(2,5-6-11)10-16(14,15)7-3-4-8(12)13/h10-11H,3-7H2,1-2H3,(H,12,13). The average Bonchev–Trinajstić information content (AvgIpc) is 1.99. The molecule has 0 saturated carbocycles. The van der Waals surface area contributed by atoms with Crippen molar-refractivity contribution in [1.29, 1.82) is 0 Å². The van der Waals surface area contributed by atoms with Crippen LogP contribution in [0.5, 0.6) is 0 Å². The van der Waals surface area contributed by atoms with E-state index in [1.54, 1.807) is 13.8 Å². The van der Waals surface area contributed by atoms with E-state index in [0.29, 0.717) is 6.42 Å². The molecule has 0 aliphatic carbocycles. The number of hydrogen-bond donors (Lipinski definition) is 3. The Kier molecular flexibility index (Phi) is 5.91. The Bertz CT molecular complexity index is 323. The number of aliphatic hydroxyl groups is 1. The van der Waals surface area contributed by atoms with E-state index >= 15 is 0 Å². The molecular weight excluding hydrogens is 234 g/mol. The van der Waals surface area contributed by atoms with Gasteiger partial charge in [0.05, 0.1) is 5.75 Å². The number of sulfonamides is 1. The van der Waals surface area contributed by atoms with Crippen LogP contribution in [0.25, 0.3) is 0 Å². The van der Waals surface area contributed by atoms with Gasteiger partial charge in [0.2, 0.25) is 10.0 Å². The van der Waals surface area contributed by atoms with Crippen molar-refractivity contribution in [1.82, 2.24) is 4.72 Å². The van der Waals surface area contributed by atoms with Gasteiger partial charge in [-0.05, 0) is 26.7 Å². The lowest BCUT2D eigenvalue weighted by Gasteiger charge is -2.24. The predicted molar refractivity (Wildman–Crippen MR) is 59.6 cm³/mol. The lowest BCUT2D eigenvalue weighted by atomic mass is 10.0. The third kappa shape index (κ3) is 7.61. The average molecular weight is 253 g/mol. The van der Waals surface area contributed by atoms with Crippen molar-refractivity contribution in [3.63, 3.8) is 0 Å². The van der Waals surface area contributed by atoms with Crippen LogP contribution in [-0.2, 0) is 14.8 Å². The number of carbonyl (C=O) groups is 1. The number of hydrogen-bond acceptors (Lipinski definition) is 4. The Balaban J connectivity index is 4.19. The summed E-state index contributed by atoms with van der Waals surface area (Å²) >= 11 is 0. The first-order chi connectivity index (χ1) is 7.18. The van der Waals surface area contributed by atoms with Crippen LogP contribution in [0, 0.1) is 0 Å². The normalized spacial score (nSPS) is 12.7. The van der Waals surface area contributed by atoms with E-state index < -0.39 is 21.5 Å². The number of nitrogens with one attached hydrogen (secondary N) is 1. The van der Waals surface area contributed by atoms with Crippen molar-refractivity contribution in [2.75, 3.05) is 12.4 Å². The number of carboxylic acids is 1. The maximum absolute atomic E-state index is 11.5. The summed E-state index contributed by atoms with van der Waals surface area (Å²) in [6, 6.07) is 0. The molecule has 3 N–H and O–H groups in total. The van der Waals surface area contributed by atoms with Crippen molar-refractivity contribution in [2.24, 2.45) is 0 Å². The molecule has 7 heteroatoms. The smallest absolute Gasteiger partial charge is 0.303 e.